The Kier molecular flexibility index (Phi) is 7.74. The number of carbonyl (C=O) groups is 1. The van der Waals surface area contributed by atoms with E-state index in [0.29, 0.717) is 37.6 Å². The number of anilines is 1. The van der Waals surface area contributed by atoms with E-state index in [-0.39, 0.29) is 47.9 Å². The number of halogens is 2. The van der Waals surface area contributed by atoms with Crippen molar-refractivity contribution in [1.29, 1.82) is 0 Å². The Balaban J connectivity index is 1.13. The smallest absolute Gasteiger partial charge is 0.248 e. The van der Waals surface area contributed by atoms with E-state index in [9.17, 15) is 13.2 Å². The SMILES string of the molecule is CC1CN(c2ccc3c(c2)OCO3)CCN1C(=O)COCC1CCCN1S(=O)(=O)c1ccc(Cl)c(Cl)c1. The Morgan fingerprint density at radius 1 is 1.05 bits per heavy atom. The van der Waals surface area contributed by atoms with Gasteiger partial charge in [0.15, 0.2) is 11.5 Å². The molecule has 2 atom stereocenters. The Morgan fingerprint density at radius 3 is 2.65 bits per heavy atom. The van der Waals surface area contributed by atoms with Gasteiger partial charge in [-0.25, -0.2) is 8.42 Å². The lowest BCUT2D eigenvalue weighted by Crippen LogP contribution is -2.55. The predicted octanol–water partition coefficient (Wildman–Crippen LogP) is 3.63. The van der Waals surface area contributed by atoms with E-state index in [2.05, 4.69) is 4.90 Å². The number of hydrogen-bond acceptors (Lipinski definition) is 7. The van der Waals surface area contributed by atoms with Crippen LogP contribution < -0.4 is 14.4 Å². The Labute approximate surface area is 226 Å². The summed E-state index contributed by atoms with van der Waals surface area (Å²) < 4.78 is 44.4. The van der Waals surface area contributed by atoms with Crippen molar-refractivity contribution in [2.75, 3.05) is 51.1 Å². The molecule has 200 valence electrons. The van der Waals surface area contributed by atoms with Gasteiger partial charge in [-0.1, -0.05) is 23.2 Å². The first-order valence-corrected chi connectivity index (χ1v) is 14.4. The van der Waals surface area contributed by atoms with E-state index in [0.717, 1.165) is 23.6 Å². The van der Waals surface area contributed by atoms with Crippen LogP contribution in [-0.2, 0) is 19.6 Å². The van der Waals surface area contributed by atoms with E-state index >= 15 is 0 Å². The Bertz CT molecular complexity index is 1280. The first-order chi connectivity index (χ1) is 17.7. The fourth-order valence-electron chi connectivity index (χ4n) is 5.07. The quantitative estimate of drug-likeness (QED) is 0.503. The van der Waals surface area contributed by atoms with Crippen LogP contribution in [0.3, 0.4) is 0 Å². The largest absolute Gasteiger partial charge is 0.454 e. The number of carbonyl (C=O) groups excluding carboxylic acids is 1. The molecule has 3 aliphatic rings. The fraction of sp³-hybridized carbons (Fsp3) is 0.480. The number of nitrogens with zero attached hydrogens (tertiary/aromatic N) is 3. The second kappa shape index (κ2) is 10.9. The van der Waals surface area contributed by atoms with Gasteiger partial charge in [-0.3, -0.25) is 4.79 Å². The van der Waals surface area contributed by atoms with Crippen LogP contribution in [0.15, 0.2) is 41.3 Å². The highest BCUT2D eigenvalue weighted by Gasteiger charge is 2.36. The minimum Gasteiger partial charge on any atom is -0.454 e. The van der Waals surface area contributed by atoms with E-state index in [4.69, 9.17) is 37.4 Å². The van der Waals surface area contributed by atoms with E-state index in [1.807, 2.05) is 30.0 Å². The first-order valence-electron chi connectivity index (χ1n) is 12.2. The lowest BCUT2D eigenvalue weighted by Gasteiger charge is -2.41. The second-order valence-electron chi connectivity index (χ2n) is 9.42. The van der Waals surface area contributed by atoms with Crippen LogP contribution in [0.4, 0.5) is 5.69 Å². The van der Waals surface area contributed by atoms with Crippen LogP contribution in [0.25, 0.3) is 0 Å². The molecule has 2 aromatic rings. The molecule has 9 nitrogen and oxygen atoms in total. The van der Waals surface area contributed by atoms with Gasteiger partial charge in [0.2, 0.25) is 22.7 Å². The number of rotatable bonds is 7. The molecule has 0 spiro atoms. The van der Waals surface area contributed by atoms with E-state index in [1.54, 1.807) is 0 Å². The van der Waals surface area contributed by atoms with E-state index in [1.165, 1.54) is 22.5 Å². The van der Waals surface area contributed by atoms with Gasteiger partial charge in [0.1, 0.15) is 6.61 Å². The monoisotopic (exact) mass is 569 g/mol. The molecule has 2 saturated heterocycles. The topological polar surface area (TPSA) is 88.6 Å². The molecule has 1 amide bonds. The number of amides is 1. The maximum absolute atomic E-state index is 13.2. The number of piperazine rings is 1. The minimum absolute atomic E-state index is 0.00622. The second-order valence-corrected chi connectivity index (χ2v) is 12.1. The molecule has 12 heteroatoms. The summed E-state index contributed by atoms with van der Waals surface area (Å²) in [6.07, 6.45) is 1.39. The third kappa shape index (κ3) is 5.49. The third-order valence-corrected chi connectivity index (χ3v) is 9.71. The molecule has 3 aliphatic heterocycles. The zero-order valence-electron chi connectivity index (χ0n) is 20.4. The number of ether oxygens (including phenoxy) is 3. The van der Waals surface area contributed by atoms with Gasteiger partial charge in [-0.15, -0.1) is 0 Å². The molecule has 5 rings (SSSR count). The summed E-state index contributed by atoms with van der Waals surface area (Å²) in [6.45, 7) is 4.64. The first kappa shape index (κ1) is 26.4. The van der Waals surface area contributed by atoms with E-state index < -0.39 is 10.0 Å². The highest BCUT2D eigenvalue weighted by molar-refractivity contribution is 7.89. The van der Waals surface area contributed by atoms with Gasteiger partial charge in [-0.05, 0) is 50.1 Å². The molecule has 0 bridgehead atoms. The fourth-order valence-corrected chi connectivity index (χ4v) is 7.14. The van der Waals surface area contributed by atoms with Crippen molar-refractivity contribution >= 4 is 44.8 Å². The van der Waals surface area contributed by atoms with Gasteiger partial charge in [0, 0.05) is 50.0 Å². The highest BCUT2D eigenvalue weighted by Crippen LogP contribution is 2.36. The van der Waals surface area contributed by atoms with Gasteiger partial charge in [0.25, 0.3) is 0 Å². The summed E-state index contributed by atoms with van der Waals surface area (Å²) in [6, 6.07) is 9.82. The number of fused-ring (bicyclic) bond motifs is 1. The average molecular weight is 570 g/mol. The van der Waals surface area contributed by atoms with Crippen LogP contribution >= 0.6 is 23.2 Å². The Morgan fingerprint density at radius 2 is 1.86 bits per heavy atom. The van der Waals surface area contributed by atoms with Crippen LogP contribution in [0, 0.1) is 0 Å². The van der Waals surface area contributed by atoms with Crippen molar-refractivity contribution in [3.05, 3.63) is 46.4 Å². The van der Waals surface area contributed by atoms with Crippen molar-refractivity contribution in [3.63, 3.8) is 0 Å². The van der Waals surface area contributed by atoms with Crippen LogP contribution in [-0.4, -0.2) is 81.8 Å². The van der Waals surface area contributed by atoms with Crippen molar-refractivity contribution in [2.45, 2.75) is 36.7 Å². The van der Waals surface area contributed by atoms with Gasteiger partial charge in [-0.2, -0.15) is 4.31 Å². The summed E-state index contributed by atoms with van der Waals surface area (Å²) in [5, 5.41) is 0.486. The van der Waals surface area contributed by atoms with Crippen LogP contribution in [0.1, 0.15) is 19.8 Å². The van der Waals surface area contributed by atoms with Crippen LogP contribution in [0.5, 0.6) is 11.5 Å². The average Bonchev–Trinajstić information content (AvgIpc) is 3.55. The molecule has 37 heavy (non-hydrogen) atoms. The molecular weight excluding hydrogens is 541 g/mol. The predicted molar refractivity (Wildman–Crippen MR) is 140 cm³/mol. The molecule has 0 radical (unpaired) electrons. The zero-order valence-corrected chi connectivity index (χ0v) is 22.8. The highest BCUT2D eigenvalue weighted by atomic mass is 35.5. The number of hydrogen-bond donors (Lipinski definition) is 0. The molecule has 0 aromatic heterocycles. The number of benzene rings is 2. The van der Waals surface area contributed by atoms with Crippen molar-refractivity contribution in [1.82, 2.24) is 9.21 Å². The molecule has 0 N–H and O–H groups in total. The Hall–Kier alpha value is -2.24. The summed E-state index contributed by atoms with van der Waals surface area (Å²) in [5.74, 6) is 1.38. The normalized spacial score (nSPS) is 22.0. The molecule has 0 saturated carbocycles. The van der Waals surface area contributed by atoms with Crippen LogP contribution in [0.2, 0.25) is 10.0 Å². The number of sulfonamides is 1. The molecule has 0 aliphatic carbocycles. The summed E-state index contributed by atoms with van der Waals surface area (Å²) in [7, 11) is -3.75. The summed E-state index contributed by atoms with van der Waals surface area (Å²) >= 11 is 12.0. The standard InChI is InChI=1S/C25H29Cl2N3O6S/c1-17-13-28(18-4-7-23-24(11-18)36-16-35-23)9-10-29(17)25(31)15-34-14-19-3-2-8-30(19)37(32,33)20-5-6-21(26)22(27)12-20/h4-7,11-12,17,19H,2-3,8-10,13-16H2,1H3. The molecule has 2 fully saturated rings. The maximum Gasteiger partial charge on any atom is 0.248 e. The molecule has 3 heterocycles. The molecule has 2 unspecified atom stereocenters. The molecule has 2 aromatic carbocycles. The van der Waals surface area contributed by atoms with Gasteiger partial charge in [0.05, 0.1) is 21.5 Å². The van der Waals surface area contributed by atoms with Gasteiger partial charge < -0.3 is 24.0 Å². The van der Waals surface area contributed by atoms with Crippen molar-refractivity contribution in [3.8, 4) is 11.5 Å². The lowest BCUT2D eigenvalue weighted by molar-refractivity contribution is -0.138. The molecular formula is C25H29Cl2N3O6S. The lowest BCUT2D eigenvalue weighted by atomic mass is 10.1. The minimum atomic E-state index is -3.75. The third-order valence-electron chi connectivity index (χ3n) is 7.03. The summed E-state index contributed by atoms with van der Waals surface area (Å²) in [4.78, 5) is 17.1. The maximum atomic E-state index is 13.2. The van der Waals surface area contributed by atoms with Crippen molar-refractivity contribution in [2.24, 2.45) is 0 Å². The zero-order chi connectivity index (χ0) is 26.2. The summed E-state index contributed by atoms with van der Waals surface area (Å²) in [5.41, 5.74) is 1.03. The van der Waals surface area contributed by atoms with Gasteiger partial charge >= 0.3 is 0 Å². The van der Waals surface area contributed by atoms with Crippen molar-refractivity contribution < 1.29 is 27.4 Å².